The third-order valence-electron chi connectivity index (χ3n) is 4.95. The summed E-state index contributed by atoms with van der Waals surface area (Å²) in [6, 6.07) is 0. The van der Waals surface area contributed by atoms with E-state index in [1.807, 2.05) is 4.90 Å². The number of hydrogen-bond donors (Lipinski definition) is 1. The lowest BCUT2D eigenvalue weighted by Crippen LogP contribution is -2.58. The second kappa shape index (κ2) is 3.95. The Morgan fingerprint density at radius 3 is 2.35 bits per heavy atom. The Balaban J connectivity index is 1.66. The summed E-state index contributed by atoms with van der Waals surface area (Å²) in [6.45, 7) is 3.12. The van der Waals surface area contributed by atoms with Gasteiger partial charge in [-0.15, -0.1) is 0 Å². The molecule has 3 rings (SSSR count). The van der Waals surface area contributed by atoms with Crippen LogP contribution in [0.5, 0.6) is 0 Å². The van der Waals surface area contributed by atoms with Gasteiger partial charge in [0.1, 0.15) is 0 Å². The predicted octanol–water partition coefficient (Wildman–Crippen LogP) is 0.897. The van der Waals surface area contributed by atoms with E-state index in [4.69, 9.17) is 10.5 Å². The third kappa shape index (κ3) is 1.87. The van der Waals surface area contributed by atoms with Crippen molar-refractivity contribution in [3.8, 4) is 0 Å². The molecule has 96 valence electrons. The van der Waals surface area contributed by atoms with E-state index in [0.717, 1.165) is 13.1 Å². The summed E-state index contributed by atoms with van der Waals surface area (Å²) in [5.41, 5.74) is 6.08. The SMILES string of the molecule is NC1(C(=O)N2CCC3(CCC3)C2)CCOCC1. The molecular formula is C13H22N2O2. The first-order chi connectivity index (χ1) is 8.14. The number of ether oxygens (including phenoxy) is 1. The van der Waals surface area contributed by atoms with Crippen molar-refractivity contribution in [1.82, 2.24) is 4.90 Å². The van der Waals surface area contributed by atoms with Gasteiger partial charge in [-0.3, -0.25) is 4.79 Å². The minimum atomic E-state index is -0.645. The van der Waals surface area contributed by atoms with E-state index in [9.17, 15) is 4.79 Å². The third-order valence-corrected chi connectivity index (χ3v) is 4.95. The lowest BCUT2D eigenvalue weighted by Gasteiger charge is -2.39. The lowest BCUT2D eigenvalue weighted by molar-refractivity contribution is -0.140. The van der Waals surface area contributed by atoms with Crippen molar-refractivity contribution in [2.75, 3.05) is 26.3 Å². The molecule has 2 heterocycles. The van der Waals surface area contributed by atoms with Gasteiger partial charge in [0, 0.05) is 26.3 Å². The second-order valence-electron chi connectivity index (χ2n) is 6.10. The van der Waals surface area contributed by atoms with Crippen molar-refractivity contribution >= 4 is 5.91 Å². The van der Waals surface area contributed by atoms with Crippen LogP contribution in [0.3, 0.4) is 0 Å². The van der Waals surface area contributed by atoms with E-state index in [1.165, 1.54) is 25.7 Å². The molecule has 0 atom stereocenters. The molecule has 1 saturated carbocycles. The average molecular weight is 238 g/mol. The van der Waals surface area contributed by atoms with E-state index >= 15 is 0 Å². The number of carbonyl (C=O) groups excluding carboxylic acids is 1. The molecule has 1 amide bonds. The average Bonchev–Trinajstić information content (AvgIpc) is 2.74. The summed E-state index contributed by atoms with van der Waals surface area (Å²) in [5.74, 6) is 0.171. The highest BCUT2D eigenvalue weighted by Gasteiger charge is 2.47. The van der Waals surface area contributed by atoms with Gasteiger partial charge in [0.05, 0.1) is 5.54 Å². The Morgan fingerprint density at radius 1 is 1.12 bits per heavy atom. The standard InChI is InChI=1S/C13H22N2O2/c14-13(5-8-17-9-6-13)11(16)15-7-4-12(10-15)2-1-3-12/h1-10,14H2. The van der Waals surface area contributed by atoms with Crippen LogP contribution >= 0.6 is 0 Å². The van der Waals surface area contributed by atoms with Crippen molar-refractivity contribution in [2.24, 2.45) is 11.1 Å². The monoisotopic (exact) mass is 238 g/mol. The molecule has 2 N–H and O–H groups in total. The van der Waals surface area contributed by atoms with E-state index < -0.39 is 5.54 Å². The van der Waals surface area contributed by atoms with Gasteiger partial charge in [-0.1, -0.05) is 6.42 Å². The van der Waals surface area contributed by atoms with Crippen LogP contribution in [-0.4, -0.2) is 42.6 Å². The Labute approximate surface area is 102 Å². The van der Waals surface area contributed by atoms with Crippen LogP contribution in [0.25, 0.3) is 0 Å². The highest BCUT2D eigenvalue weighted by molar-refractivity contribution is 5.86. The van der Waals surface area contributed by atoms with Crippen LogP contribution in [0.4, 0.5) is 0 Å². The van der Waals surface area contributed by atoms with Crippen molar-refractivity contribution in [3.63, 3.8) is 0 Å². The molecule has 0 radical (unpaired) electrons. The zero-order chi connectivity index (χ0) is 11.9. The molecule has 4 nitrogen and oxygen atoms in total. The van der Waals surface area contributed by atoms with Crippen molar-refractivity contribution < 1.29 is 9.53 Å². The lowest BCUT2D eigenvalue weighted by atomic mass is 9.68. The molecule has 0 unspecified atom stereocenters. The first-order valence-corrected chi connectivity index (χ1v) is 6.80. The maximum Gasteiger partial charge on any atom is 0.242 e. The number of hydrogen-bond acceptors (Lipinski definition) is 3. The first kappa shape index (κ1) is 11.5. The molecule has 2 saturated heterocycles. The fourth-order valence-electron chi connectivity index (χ4n) is 3.46. The molecular weight excluding hydrogens is 216 g/mol. The Morgan fingerprint density at radius 2 is 1.82 bits per heavy atom. The van der Waals surface area contributed by atoms with Crippen LogP contribution in [-0.2, 0) is 9.53 Å². The normalized spacial score (nSPS) is 30.3. The fraction of sp³-hybridized carbons (Fsp3) is 0.923. The van der Waals surface area contributed by atoms with Gasteiger partial charge in [0.25, 0.3) is 0 Å². The largest absolute Gasteiger partial charge is 0.381 e. The van der Waals surface area contributed by atoms with Gasteiger partial charge < -0.3 is 15.4 Å². The molecule has 0 bridgehead atoms. The number of rotatable bonds is 1. The molecule has 0 aromatic carbocycles. The van der Waals surface area contributed by atoms with Gasteiger partial charge in [0.2, 0.25) is 5.91 Å². The van der Waals surface area contributed by atoms with Crippen LogP contribution in [0.15, 0.2) is 0 Å². The van der Waals surface area contributed by atoms with Crippen molar-refractivity contribution in [3.05, 3.63) is 0 Å². The number of carbonyl (C=O) groups is 1. The van der Waals surface area contributed by atoms with Crippen LogP contribution < -0.4 is 5.73 Å². The molecule has 4 heteroatoms. The zero-order valence-electron chi connectivity index (χ0n) is 10.4. The van der Waals surface area contributed by atoms with E-state index in [-0.39, 0.29) is 5.91 Å². The summed E-state index contributed by atoms with van der Waals surface area (Å²) in [7, 11) is 0. The fourth-order valence-corrected chi connectivity index (χ4v) is 3.46. The van der Waals surface area contributed by atoms with E-state index in [2.05, 4.69) is 0 Å². The first-order valence-electron chi connectivity index (χ1n) is 6.80. The van der Waals surface area contributed by atoms with Crippen molar-refractivity contribution in [2.45, 2.75) is 44.1 Å². The molecule has 1 spiro atoms. The molecule has 1 aliphatic carbocycles. The summed E-state index contributed by atoms with van der Waals surface area (Å²) >= 11 is 0. The summed E-state index contributed by atoms with van der Waals surface area (Å²) in [6.07, 6.45) is 6.48. The summed E-state index contributed by atoms with van der Waals surface area (Å²) < 4.78 is 5.30. The molecule has 3 fully saturated rings. The Hall–Kier alpha value is -0.610. The van der Waals surface area contributed by atoms with Crippen LogP contribution in [0, 0.1) is 5.41 Å². The van der Waals surface area contributed by atoms with Crippen LogP contribution in [0.2, 0.25) is 0 Å². The van der Waals surface area contributed by atoms with Crippen LogP contribution in [0.1, 0.15) is 38.5 Å². The molecule has 17 heavy (non-hydrogen) atoms. The Bertz CT molecular complexity index is 319. The zero-order valence-corrected chi connectivity index (χ0v) is 10.4. The number of likely N-dealkylation sites (tertiary alicyclic amines) is 1. The predicted molar refractivity (Wildman–Crippen MR) is 64.5 cm³/mol. The van der Waals surface area contributed by atoms with Gasteiger partial charge in [0.15, 0.2) is 0 Å². The Kier molecular flexibility index (Phi) is 2.67. The number of nitrogens with zero attached hydrogens (tertiary/aromatic N) is 1. The highest BCUT2D eigenvalue weighted by atomic mass is 16.5. The van der Waals surface area contributed by atoms with Gasteiger partial charge >= 0.3 is 0 Å². The second-order valence-corrected chi connectivity index (χ2v) is 6.10. The van der Waals surface area contributed by atoms with E-state index in [1.54, 1.807) is 0 Å². The minimum absolute atomic E-state index is 0.171. The maximum atomic E-state index is 12.5. The van der Waals surface area contributed by atoms with Gasteiger partial charge in [-0.2, -0.15) is 0 Å². The smallest absolute Gasteiger partial charge is 0.242 e. The molecule has 0 aromatic rings. The number of amides is 1. The van der Waals surface area contributed by atoms with E-state index in [0.29, 0.717) is 31.5 Å². The highest BCUT2D eigenvalue weighted by Crippen LogP contribution is 2.48. The summed E-state index contributed by atoms with van der Waals surface area (Å²) in [4.78, 5) is 14.5. The van der Waals surface area contributed by atoms with Gasteiger partial charge in [-0.25, -0.2) is 0 Å². The maximum absolute atomic E-state index is 12.5. The molecule has 2 aliphatic heterocycles. The number of nitrogens with two attached hydrogens (primary N) is 1. The summed E-state index contributed by atoms with van der Waals surface area (Å²) in [5, 5.41) is 0. The topological polar surface area (TPSA) is 55.6 Å². The van der Waals surface area contributed by atoms with Gasteiger partial charge in [-0.05, 0) is 37.5 Å². The molecule has 0 aromatic heterocycles. The molecule has 3 aliphatic rings. The minimum Gasteiger partial charge on any atom is -0.381 e. The quantitative estimate of drug-likeness (QED) is 0.738. The van der Waals surface area contributed by atoms with Crippen molar-refractivity contribution in [1.29, 1.82) is 0 Å².